The third-order valence-corrected chi connectivity index (χ3v) is 1.41. The van der Waals surface area contributed by atoms with Crippen molar-refractivity contribution >= 4 is 5.97 Å². The molecule has 0 amide bonds. The summed E-state index contributed by atoms with van der Waals surface area (Å²) < 4.78 is 0. The fraction of sp³-hybridized carbons (Fsp3) is 0.125. The van der Waals surface area contributed by atoms with E-state index < -0.39 is 5.97 Å². The maximum Gasteiger partial charge on any atom is 1.00 e. The van der Waals surface area contributed by atoms with Crippen LogP contribution in [0.1, 0.15) is 15.9 Å². The molecule has 0 atom stereocenters. The molecule has 0 heterocycles. The van der Waals surface area contributed by atoms with E-state index in [1.807, 2.05) is 0 Å². The molecule has 0 saturated carbocycles. The topological polar surface area (TPSA) is 60.4 Å². The summed E-state index contributed by atoms with van der Waals surface area (Å²) in [6.07, 6.45) is 0. The van der Waals surface area contributed by atoms with Crippen molar-refractivity contribution in [3.8, 4) is 0 Å². The van der Waals surface area contributed by atoms with E-state index >= 15 is 0 Å². The smallest absolute Gasteiger partial charge is 0.545 e. The van der Waals surface area contributed by atoms with Crippen molar-refractivity contribution in [2.24, 2.45) is 0 Å². The van der Waals surface area contributed by atoms with Crippen molar-refractivity contribution in [3.63, 3.8) is 0 Å². The van der Waals surface area contributed by atoms with Gasteiger partial charge in [0.2, 0.25) is 0 Å². The van der Waals surface area contributed by atoms with Crippen molar-refractivity contribution < 1.29 is 66.4 Å². The van der Waals surface area contributed by atoms with Crippen molar-refractivity contribution in [3.05, 3.63) is 35.4 Å². The second kappa shape index (κ2) is 5.85. The molecular weight excluding hydrogens is 183 g/mol. The van der Waals surface area contributed by atoms with Crippen LogP contribution >= 0.6 is 0 Å². The Morgan fingerprint density at radius 1 is 1.42 bits per heavy atom. The van der Waals surface area contributed by atoms with Crippen LogP contribution < -0.4 is 56.5 Å². The van der Waals surface area contributed by atoms with Gasteiger partial charge in [-0.15, -0.1) is 0 Å². The van der Waals surface area contributed by atoms with Gasteiger partial charge in [0.15, 0.2) is 0 Å². The number of aromatic carboxylic acids is 1. The van der Waals surface area contributed by atoms with E-state index in [9.17, 15) is 9.90 Å². The summed E-state index contributed by atoms with van der Waals surface area (Å²) in [7, 11) is 0. The third kappa shape index (κ3) is 2.97. The van der Waals surface area contributed by atoms with Crippen LogP contribution in [-0.2, 0) is 6.61 Å². The third-order valence-electron chi connectivity index (χ3n) is 1.41. The number of hydrogen-bond donors (Lipinski definition) is 1. The molecule has 0 saturated heterocycles. The average molecular weight is 190 g/mol. The van der Waals surface area contributed by atoms with Gasteiger partial charge in [0.05, 0.1) is 12.6 Å². The Balaban J connectivity index is 0.00000121. The minimum absolute atomic E-state index is 0. The second-order valence-corrected chi connectivity index (χ2v) is 2.10. The molecule has 0 unspecified atom stereocenters. The van der Waals surface area contributed by atoms with Gasteiger partial charge in [-0.1, -0.05) is 24.3 Å². The van der Waals surface area contributed by atoms with E-state index in [2.05, 4.69) is 0 Å². The zero-order valence-corrected chi connectivity index (χ0v) is 9.90. The molecule has 0 aliphatic heterocycles. The number of aliphatic hydroxyl groups is 1. The fourth-order valence-corrected chi connectivity index (χ4v) is 0.857. The summed E-state index contributed by atoms with van der Waals surface area (Å²) >= 11 is 0. The monoisotopic (exact) mass is 190 g/mol. The number of benzene rings is 1. The predicted molar refractivity (Wildman–Crippen MR) is 36.7 cm³/mol. The molecule has 0 radical (unpaired) electrons. The van der Waals surface area contributed by atoms with Crippen LogP contribution in [0.2, 0.25) is 0 Å². The molecule has 0 aliphatic carbocycles. The van der Waals surface area contributed by atoms with E-state index in [0.717, 1.165) is 0 Å². The Kier molecular flexibility index (Phi) is 5.99. The number of carbonyl (C=O) groups excluding carboxylic acids is 1. The van der Waals surface area contributed by atoms with Gasteiger partial charge in [-0.25, -0.2) is 0 Å². The van der Waals surface area contributed by atoms with Crippen LogP contribution in [0.25, 0.3) is 0 Å². The number of carboxylic acid groups (broad SMARTS) is 1. The minimum Gasteiger partial charge on any atom is -0.545 e. The molecule has 1 aromatic rings. The number of carboxylic acids is 1. The summed E-state index contributed by atoms with van der Waals surface area (Å²) in [4.78, 5) is 10.4. The van der Waals surface area contributed by atoms with E-state index in [0.29, 0.717) is 5.56 Å². The van der Waals surface area contributed by atoms with Crippen molar-refractivity contribution in [1.29, 1.82) is 0 Å². The van der Waals surface area contributed by atoms with Crippen molar-refractivity contribution in [1.82, 2.24) is 0 Å². The number of aliphatic hydroxyl groups excluding tert-OH is 1. The van der Waals surface area contributed by atoms with Crippen molar-refractivity contribution in [2.45, 2.75) is 6.61 Å². The Bertz CT molecular complexity index is 273. The first-order chi connectivity index (χ1) is 5.25. The Morgan fingerprint density at radius 2 is 2.00 bits per heavy atom. The predicted octanol–water partition coefficient (Wildman–Crippen LogP) is -3.45. The first-order valence-corrected chi connectivity index (χ1v) is 3.16. The summed E-state index contributed by atoms with van der Waals surface area (Å²) in [5.74, 6) is -1.25. The molecule has 1 rings (SSSR count). The van der Waals surface area contributed by atoms with Gasteiger partial charge in [-0.2, -0.15) is 0 Å². The number of carbonyl (C=O) groups is 1. The van der Waals surface area contributed by atoms with Gasteiger partial charge in [-0.3, -0.25) is 0 Å². The standard InChI is InChI=1S/C8H8O3.K/c9-5-6-3-1-2-4-7(6)8(10)11;/h1-4,9H,5H2,(H,10,11);/q;+1/p-1. The SMILES string of the molecule is O=C([O-])c1ccccc1CO.[K+]. The summed E-state index contributed by atoms with van der Waals surface area (Å²) in [5, 5.41) is 19.0. The Morgan fingerprint density at radius 3 is 2.42 bits per heavy atom. The molecule has 1 N–H and O–H groups in total. The number of hydrogen-bond acceptors (Lipinski definition) is 3. The largest absolute Gasteiger partial charge is 1.00 e. The fourth-order valence-electron chi connectivity index (χ4n) is 0.857. The van der Waals surface area contributed by atoms with Gasteiger partial charge < -0.3 is 15.0 Å². The Hall–Kier alpha value is 0.286. The molecule has 12 heavy (non-hydrogen) atoms. The van der Waals surface area contributed by atoms with Gasteiger partial charge >= 0.3 is 51.4 Å². The molecule has 0 spiro atoms. The van der Waals surface area contributed by atoms with E-state index in [-0.39, 0.29) is 63.6 Å². The number of rotatable bonds is 2. The normalized spacial score (nSPS) is 8.75. The van der Waals surface area contributed by atoms with E-state index in [1.54, 1.807) is 18.2 Å². The molecular formula is C8H7KO3. The molecule has 58 valence electrons. The molecule has 1 aromatic carbocycles. The molecule has 0 aromatic heterocycles. The Labute approximate surface area is 113 Å². The quantitative estimate of drug-likeness (QED) is 0.493. The maximum absolute atomic E-state index is 10.4. The van der Waals surface area contributed by atoms with Crippen molar-refractivity contribution in [2.75, 3.05) is 0 Å². The van der Waals surface area contributed by atoms with Gasteiger partial charge in [0, 0.05) is 5.56 Å². The molecule has 0 aliphatic rings. The van der Waals surface area contributed by atoms with E-state index in [4.69, 9.17) is 5.11 Å². The summed E-state index contributed by atoms with van der Waals surface area (Å²) in [6, 6.07) is 6.20. The maximum atomic E-state index is 10.4. The van der Waals surface area contributed by atoms with Crippen LogP contribution in [0.5, 0.6) is 0 Å². The van der Waals surface area contributed by atoms with Gasteiger partial charge in [-0.05, 0) is 5.56 Å². The van der Waals surface area contributed by atoms with Gasteiger partial charge in [0.1, 0.15) is 0 Å². The molecule has 0 bridgehead atoms. The zero-order valence-electron chi connectivity index (χ0n) is 6.78. The van der Waals surface area contributed by atoms with Crippen LogP contribution in [0.15, 0.2) is 24.3 Å². The second-order valence-electron chi connectivity index (χ2n) is 2.10. The van der Waals surface area contributed by atoms with E-state index in [1.165, 1.54) is 6.07 Å². The zero-order chi connectivity index (χ0) is 8.27. The summed E-state index contributed by atoms with van der Waals surface area (Å²) in [6.45, 7) is -0.274. The molecule has 3 nitrogen and oxygen atoms in total. The van der Waals surface area contributed by atoms with Crippen LogP contribution in [0, 0.1) is 0 Å². The molecule has 4 heteroatoms. The van der Waals surface area contributed by atoms with Gasteiger partial charge in [0.25, 0.3) is 0 Å². The van der Waals surface area contributed by atoms with Crippen LogP contribution in [0.4, 0.5) is 0 Å². The average Bonchev–Trinajstić information content (AvgIpc) is 2.04. The first-order valence-electron chi connectivity index (χ1n) is 3.16. The van der Waals surface area contributed by atoms with Crippen LogP contribution in [0.3, 0.4) is 0 Å². The first kappa shape index (κ1) is 12.3. The van der Waals surface area contributed by atoms with Crippen LogP contribution in [-0.4, -0.2) is 11.1 Å². The molecule has 0 fully saturated rings. The minimum atomic E-state index is -1.25. The summed E-state index contributed by atoms with van der Waals surface area (Å²) in [5.41, 5.74) is 0.433.